The van der Waals surface area contributed by atoms with Crippen LogP contribution in [0.2, 0.25) is 5.02 Å². The van der Waals surface area contributed by atoms with Crippen molar-refractivity contribution in [1.82, 2.24) is 5.43 Å². The standard InChI is InChI=1S/C25H25ClN2O4/c1-17-4-10-22(12-18(17)2)31-16-25(29)28-27-14-20-7-11-23(24(13-20)30-3)32-15-19-5-8-21(26)9-6-19/h4-14H,15-16H2,1-3H3,(H,28,29). The number of carbonyl (C=O) groups excluding carboxylic acids is 1. The molecule has 0 unspecified atom stereocenters. The highest BCUT2D eigenvalue weighted by atomic mass is 35.5. The molecule has 7 heteroatoms. The van der Waals surface area contributed by atoms with Crippen molar-refractivity contribution in [2.45, 2.75) is 20.5 Å². The van der Waals surface area contributed by atoms with Crippen molar-refractivity contribution >= 4 is 23.7 Å². The molecule has 0 spiro atoms. The molecule has 1 N–H and O–H groups in total. The van der Waals surface area contributed by atoms with Crippen molar-refractivity contribution in [3.05, 3.63) is 87.9 Å². The van der Waals surface area contributed by atoms with Crippen molar-refractivity contribution in [1.29, 1.82) is 0 Å². The summed E-state index contributed by atoms with van der Waals surface area (Å²) in [4.78, 5) is 12.0. The third-order valence-electron chi connectivity index (χ3n) is 4.75. The van der Waals surface area contributed by atoms with Gasteiger partial charge in [-0.15, -0.1) is 0 Å². The van der Waals surface area contributed by atoms with E-state index in [1.807, 2.05) is 62.4 Å². The van der Waals surface area contributed by atoms with Crippen LogP contribution in [0.1, 0.15) is 22.3 Å². The van der Waals surface area contributed by atoms with Crippen LogP contribution in [0.25, 0.3) is 0 Å². The zero-order chi connectivity index (χ0) is 22.9. The van der Waals surface area contributed by atoms with Gasteiger partial charge in [0.1, 0.15) is 12.4 Å². The summed E-state index contributed by atoms with van der Waals surface area (Å²) in [5, 5.41) is 4.66. The summed E-state index contributed by atoms with van der Waals surface area (Å²) in [7, 11) is 1.57. The zero-order valence-electron chi connectivity index (χ0n) is 18.2. The number of hydrazone groups is 1. The number of nitrogens with zero attached hydrogens (tertiary/aromatic N) is 1. The van der Waals surface area contributed by atoms with Crippen LogP contribution in [0, 0.1) is 13.8 Å². The smallest absolute Gasteiger partial charge is 0.277 e. The van der Waals surface area contributed by atoms with Crippen LogP contribution in [-0.4, -0.2) is 25.8 Å². The van der Waals surface area contributed by atoms with Crippen LogP contribution in [0.4, 0.5) is 0 Å². The number of carbonyl (C=O) groups is 1. The SMILES string of the molecule is COc1cc(C=NNC(=O)COc2ccc(C)c(C)c2)ccc1OCc1ccc(Cl)cc1. The number of aryl methyl sites for hydroxylation is 2. The van der Waals surface area contributed by atoms with Crippen molar-refractivity contribution in [3.63, 3.8) is 0 Å². The summed E-state index contributed by atoms with van der Waals surface area (Å²) in [5.41, 5.74) is 6.47. The molecule has 0 aliphatic carbocycles. The Morgan fingerprint density at radius 3 is 2.47 bits per heavy atom. The lowest BCUT2D eigenvalue weighted by Gasteiger charge is -2.11. The maximum Gasteiger partial charge on any atom is 0.277 e. The number of ether oxygens (including phenoxy) is 3. The van der Waals surface area contributed by atoms with E-state index in [2.05, 4.69) is 10.5 Å². The quantitative estimate of drug-likeness (QED) is 0.363. The Balaban J connectivity index is 1.51. The average Bonchev–Trinajstić information content (AvgIpc) is 2.80. The molecular formula is C25H25ClN2O4. The van der Waals surface area contributed by atoms with Crippen molar-refractivity contribution < 1.29 is 19.0 Å². The first kappa shape index (κ1) is 23.2. The zero-order valence-corrected chi connectivity index (χ0v) is 19.0. The van der Waals surface area contributed by atoms with Crippen LogP contribution in [0.3, 0.4) is 0 Å². The Labute approximate surface area is 192 Å². The minimum atomic E-state index is -0.352. The maximum absolute atomic E-state index is 12.0. The van der Waals surface area contributed by atoms with E-state index in [4.69, 9.17) is 25.8 Å². The molecule has 3 aromatic carbocycles. The summed E-state index contributed by atoms with van der Waals surface area (Å²) in [6, 6.07) is 18.5. The second kappa shape index (κ2) is 11.2. The van der Waals surface area contributed by atoms with Gasteiger partial charge in [0.2, 0.25) is 0 Å². The fraction of sp³-hybridized carbons (Fsp3) is 0.200. The monoisotopic (exact) mass is 452 g/mol. The van der Waals surface area contributed by atoms with Crippen LogP contribution in [-0.2, 0) is 11.4 Å². The number of benzene rings is 3. The van der Waals surface area contributed by atoms with E-state index in [1.165, 1.54) is 11.8 Å². The number of hydrogen-bond donors (Lipinski definition) is 1. The summed E-state index contributed by atoms with van der Waals surface area (Å²) < 4.78 is 16.8. The van der Waals surface area contributed by atoms with Gasteiger partial charge in [0.25, 0.3) is 5.91 Å². The minimum Gasteiger partial charge on any atom is -0.493 e. The topological polar surface area (TPSA) is 69.2 Å². The molecule has 3 rings (SSSR count). The highest BCUT2D eigenvalue weighted by Gasteiger charge is 2.07. The van der Waals surface area contributed by atoms with Gasteiger partial charge in [-0.25, -0.2) is 5.43 Å². The van der Waals surface area contributed by atoms with Gasteiger partial charge in [0.05, 0.1) is 13.3 Å². The molecule has 32 heavy (non-hydrogen) atoms. The average molecular weight is 453 g/mol. The first-order valence-corrected chi connectivity index (χ1v) is 10.4. The third-order valence-corrected chi connectivity index (χ3v) is 5.00. The van der Waals surface area contributed by atoms with E-state index in [0.717, 1.165) is 16.7 Å². The normalized spacial score (nSPS) is 10.8. The fourth-order valence-electron chi connectivity index (χ4n) is 2.79. The Kier molecular flexibility index (Phi) is 8.11. The molecule has 0 bridgehead atoms. The van der Waals surface area contributed by atoms with Gasteiger partial charge in [0, 0.05) is 5.02 Å². The summed E-state index contributed by atoms with van der Waals surface area (Å²) >= 11 is 5.91. The summed E-state index contributed by atoms with van der Waals surface area (Å²) in [6.45, 7) is 4.28. The van der Waals surface area contributed by atoms with Gasteiger partial charge >= 0.3 is 0 Å². The fourth-order valence-corrected chi connectivity index (χ4v) is 2.92. The van der Waals surface area contributed by atoms with E-state index in [0.29, 0.717) is 28.9 Å². The molecule has 0 radical (unpaired) electrons. The second-order valence-electron chi connectivity index (χ2n) is 7.15. The Morgan fingerprint density at radius 2 is 1.75 bits per heavy atom. The highest BCUT2D eigenvalue weighted by Crippen LogP contribution is 2.28. The van der Waals surface area contributed by atoms with Crippen molar-refractivity contribution in [2.75, 3.05) is 13.7 Å². The maximum atomic E-state index is 12.0. The van der Waals surface area contributed by atoms with Crippen molar-refractivity contribution in [2.24, 2.45) is 5.10 Å². The molecule has 0 aliphatic rings. The molecule has 0 saturated heterocycles. The summed E-state index contributed by atoms with van der Waals surface area (Å²) in [5.74, 6) is 1.46. The van der Waals surface area contributed by atoms with Gasteiger partial charge in [-0.3, -0.25) is 4.79 Å². The molecule has 166 valence electrons. The van der Waals surface area contributed by atoms with Crippen LogP contribution >= 0.6 is 11.6 Å². The molecule has 0 heterocycles. The van der Waals surface area contributed by atoms with Crippen LogP contribution < -0.4 is 19.6 Å². The van der Waals surface area contributed by atoms with Crippen LogP contribution in [0.15, 0.2) is 65.8 Å². The van der Waals surface area contributed by atoms with E-state index in [9.17, 15) is 4.79 Å². The van der Waals surface area contributed by atoms with Gasteiger partial charge in [0.15, 0.2) is 18.1 Å². The molecule has 1 amide bonds. The molecule has 0 atom stereocenters. The number of hydrogen-bond acceptors (Lipinski definition) is 5. The highest BCUT2D eigenvalue weighted by molar-refractivity contribution is 6.30. The molecule has 0 aromatic heterocycles. The number of rotatable bonds is 9. The second-order valence-corrected chi connectivity index (χ2v) is 7.59. The Hall–Kier alpha value is -3.51. The largest absolute Gasteiger partial charge is 0.493 e. The molecular weight excluding hydrogens is 428 g/mol. The van der Waals surface area contributed by atoms with Gasteiger partial charge in [-0.1, -0.05) is 29.8 Å². The van der Waals surface area contributed by atoms with Crippen molar-refractivity contribution in [3.8, 4) is 17.2 Å². The minimum absolute atomic E-state index is 0.124. The lowest BCUT2D eigenvalue weighted by Crippen LogP contribution is -2.24. The van der Waals surface area contributed by atoms with Gasteiger partial charge < -0.3 is 14.2 Å². The van der Waals surface area contributed by atoms with E-state index < -0.39 is 0 Å². The summed E-state index contributed by atoms with van der Waals surface area (Å²) in [6.07, 6.45) is 1.53. The predicted octanol–water partition coefficient (Wildman–Crippen LogP) is 5.07. The number of nitrogens with one attached hydrogen (secondary N) is 1. The molecule has 0 aliphatic heterocycles. The Morgan fingerprint density at radius 1 is 0.969 bits per heavy atom. The number of halogens is 1. The molecule has 6 nitrogen and oxygen atoms in total. The van der Waals surface area contributed by atoms with Crippen LogP contribution in [0.5, 0.6) is 17.2 Å². The third kappa shape index (κ3) is 6.75. The Bertz CT molecular complexity index is 1100. The van der Waals surface area contributed by atoms with E-state index >= 15 is 0 Å². The number of methoxy groups -OCH3 is 1. The first-order chi connectivity index (χ1) is 15.4. The van der Waals surface area contributed by atoms with Gasteiger partial charge in [-0.2, -0.15) is 5.10 Å². The lowest BCUT2D eigenvalue weighted by molar-refractivity contribution is -0.123. The first-order valence-electron chi connectivity index (χ1n) is 10.0. The molecule has 0 fully saturated rings. The van der Waals surface area contributed by atoms with Gasteiger partial charge in [-0.05, 0) is 78.6 Å². The van der Waals surface area contributed by atoms with E-state index in [1.54, 1.807) is 19.2 Å². The van der Waals surface area contributed by atoms with E-state index in [-0.39, 0.29) is 12.5 Å². The number of amides is 1. The predicted molar refractivity (Wildman–Crippen MR) is 126 cm³/mol. The lowest BCUT2D eigenvalue weighted by atomic mass is 10.1. The molecule has 3 aromatic rings. The molecule has 0 saturated carbocycles.